The van der Waals surface area contributed by atoms with Crippen LogP contribution in [-0.2, 0) is 0 Å². The molecule has 0 rings (SSSR count). The topological polar surface area (TPSA) is 0 Å². The van der Waals surface area contributed by atoms with Crippen molar-refractivity contribution in [1.29, 1.82) is 0 Å². The molecule has 108 valence electrons. The molecule has 0 amide bonds. The van der Waals surface area contributed by atoms with Crippen molar-refractivity contribution < 1.29 is 1.37 Å². The standard InChI is InChI=1S/C4H7S.3C4H9.Sn/c1-3-4-5-2;3*1-3-4-2;/h3H,1-2,4H2;3*1,3-4H2,2H3;/i2D;;;;. The number of hydrogen-bond acceptors (Lipinski definition) is 1. The summed E-state index contributed by atoms with van der Waals surface area (Å²) in [6, 6.07) is 0. The molecule has 18 heavy (non-hydrogen) atoms. The van der Waals surface area contributed by atoms with E-state index in [1.165, 1.54) is 51.8 Å². The van der Waals surface area contributed by atoms with Gasteiger partial charge in [-0.2, -0.15) is 0 Å². The second-order valence-corrected chi connectivity index (χ2v) is 20.4. The molecule has 0 N–H and O–H groups in total. The van der Waals surface area contributed by atoms with Gasteiger partial charge >= 0.3 is 126 Å². The fourth-order valence-electron chi connectivity index (χ4n) is 2.43. The third-order valence-electron chi connectivity index (χ3n) is 3.63. The van der Waals surface area contributed by atoms with E-state index in [9.17, 15) is 0 Å². The Morgan fingerprint density at radius 3 is 1.78 bits per heavy atom. The minimum absolute atomic E-state index is 0.233. The summed E-state index contributed by atoms with van der Waals surface area (Å²) in [4.78, 5) is 0. The normalized spacial score (nSPS) is 14.3. The Labute approximate surface area is 126 Å². The average molecular weight is 378 g/mol. The van der Waals surface area contributed by atoms with Crippen LogP contribution in [0.2, 0.25) is 13.3 Å². The molecule has 0 bridgehead atoms. The van der Waals surface area contributed by atoms with Gasteiger partial charge in [-0.25, -0.2) is 0 Å². The molecule has 0 unspecified atom stereocenters. The zero-order valence-corrected chi connectivity index (χ0v) is 16.5. The molecule has 0 radical (unpaired) electrons. The van der Waals surface area contributed by atoms with Crippen molar-refractivity contribution >= 4 is 30.1 Å². The fourth-order valence-corrected chi connectivity index (χ4v) is 21.4. The summed E-state index contributed by atoms with van der Waals surface area (Å²) in [6.07, 6.45) is 9.98. The first-order chi connectivity index (χ1) is 9.16. The van der Waals surface area contributed by atoms with Crippen LogP contribution in [0.25, 0.3) is 0 Å². The van der Waals surface area contributed by atoms with Gasteiger partial charge < -0.3 is 0 Å². The van der Waals surface area contributed by atoms with Crippen LogP contribution in [0.3, 0.4) is 0 Å². The predicted octanol–water partition coefficient (Wildman–Crippen LogP) is 6.29. The number of hydrogen-bond donors (Lipinski definition) is 0. The zero-order valence-electron chi connectivity index (χ0n) is 13.8. The van der Waals surface area contributed by atoms with Crippen LogP contribution in [0.5, 0.6) is 0 Å². The minimum atomic E-state index is -2.27. The Morgan fingerprint density at radius 1 is 1.00 bits per heavy atom. The molecule has 0 saturated heterocycles. The van der Waals surface area contributed by atoms with Gasteiger partial charge in [-0.15, -0.1) is 0 Å². The van der Waals surface area contributed by atoms with Gasteiger partial charge in [0, 0.05) is 0 Å². The molecule has 0 aliphatic carbocycles. The first-order valence-corrected chi connectivity index (χ1v) is 16.6. The summed E-state index contributed by atoms with van der Waals surface area (Å²) in [5, 5.41) is 0. The van der Waals surface area contributed by atoms with E-state index in [-0.39, 0.29) is 3.74 Å². The molecular formula is C16H34SSn. The summed E-state index contributed by atoms with van der Waals surface area (Å²) in [6.45, 7) is 10.7. The van der Waals surface area contributed by atoms with Crippen molar-refractivity contribution in [2.45, 2.75) is 72.6 Å². The van der Waals surface area contributed by atoms with E-state index in [2.05, 4.69) is 27.4 Å². The summed E-state index contributed by atoms with van der Waals surface area (Å²) in [5.74, 6) is 0.969. The van der Waals surface area contributed by atoms with Crippen LogP contribution in [0.1, 0.15) is 60.7 Å². The second kappa shape index (κ2) is 12.9. The number of rotatable bonds is 13. The quantitative estimate of drug-likeness (QED) is 0.268. The second-order valence-electron chi connectivity index (χ2n) is 5.41. The molecule has 0 aromatic carbocycles. The van der Waals surface area contributed by atoms with Crippen molar-refractivity contribution in [3.05, 3.63) is 12.7 Å². The van der Waals surface area contributed by atoms with Crippen molar-refractivity contribution in [1.82, 2.24) is 0 Å². The van der Waals surface area contributed by atoms with E-state index in [0.29, 0.717) is 0 Å². The van der Waals surface area contributed by atoms with E-state index in [1.807, 2.05) is 17.8 Å². The van der Waals surface area contributed by atoms with Gasteiger partial charge in [0.25, 0.3) is 0 Å². The van der Waals surface area contributed by atoms with Crippen molar-refractivity contribution in [2.24, 2.45) is 0 Å². The van der Waals surface area contributed by atoms with Gasteiger partial charge in [0.1, 0.15) is 0 Å². The van der Waals surface area contributed by atoms with E-state index in [4.69, 9.17) is 1.37 Å². The molecule has 0 heterocycles. The molecule has 1 atom stereocenters. The monoisotopic (exact) mass is 379 g/mol. The maximum absolute atomic E-state index is 8.72. The number of unbranched alkanes of at least 4 members (excludes halogenated alkanes) is 3. The van der Waals surface area contributed by atoms with E-state index < -0.39 is 18.4 Å². The fraction of sp³-hybridized carbons (Fsp3) is 0.875. The summed E-state index contributed by atoms with van der Waals surface area (Å²) < 4.78 is 13.3. The Bertz CT molecular complexity index is 199. The van der Waals surface area contributed by atoms with Gasteiger partial charge in [0.15, 0.2) is 0 Å². The van der Waals surface area contributed by atoms with Crippen molar-refractivity contribution in [3.8, 4) is 0 Å². The molecule has 0 aromatic heterocycles. The average Bonchev–Trinajstić information content (AvgIpc) is 2.44. The van der Waals surface area contributed by atoms with E-state index in [1.54, 1.807) is 0 Å². The van der Waals surface area contributed by atoms with Gasteiger partial charge in [0.2, 0.25) is 0 Å². The van der Waals surface area contributed by atoms with Crippen LogP contribution in [0, 0.1) is 0 Å². The molecule has 0 saturated carbocycles. The predicted molar refractivity (Wildman–Crippen MR) is 92.4 cm³/mol. The summed E-state index contributed by atoms with van der Waals surface area (Å²) >= 11 is -0.392. The van der Waals surface area contributed by atoms with Gasteiger partial charge in [0.05, 0.1) is 0 Å². The van der Waals surface area contributed by atoms with Crippen molar-refractivity contribution in [2.75, 3.05) is 9.50 Å². The third-order valence-corrected chi connectivity index (χ3v) is 22.0. The van der Waals surface area contributed by atoms with E-state index >= 15 is 0 Å². The van der Waals surface area contributed by atoms with Crippen LogP contribution in [0.15, 0.2) is 12.7 Å². The van der Waals surface area contributed by atoms with Crippen LogP contribution < -0.4 is 0 Å². The van der Waals surface area contributed by atoms with Crippen LogP contribution in [0.4, 0.5) is 0 Å². The SMILES string of the molecule is [2H][C@@H](SCC=C)[Sn]([CH2]CCC)([CH2]CCC)[CH2]CCC. The first kappa shape index (κ1) is 16.9. The molecule has 0 fully saturated rings. The number of thioether (sulfide) groups is 1. The molecule has 0 nitrogen and oxygen atoms in total. The Hall–Kier alpha value is 0.889. The Morgan fingerprint density at radius 2 is 1.44 bits per heavy atom. The summed E-state index contributed by atoms with van der Waals surface area (Å²) in [7, 11) is 0. The van der Waals surface area contributed by atoms with Gasteiger partial charge in [-0.3, -0.25) is 0 Å². The molecule has 2 heteroatoms. The Kier molecular flexibility index (Phi) is 12.1. The summed E-state index contributed by atoms with van der Waals surface area (Å²) in [5.41, 5.74) is 0. The third kappa shape index (κ3) is 8.90. The zero-order chi connectivity index (χ0) is 14.6. The molecule has 0 aromatic rings. The van der Waals surface area contributed by atoms with Gasteiger partial charge in [-0.1, -0.05) is 0 Å². The molecule has 0 aliphatic rings. The van der Waals surface area contributed by atoms with E-state index in [0.717, 1.165) is 5.75 Å². The first-order valence-electron chi connectivity index (χ1n) is 8.39. The van der Waals surface area contributed by atoms with Gasteiger partial charge in [-0.05, 0) is 0 Å². The molecular weight excluding hydrogens is 343 g/mol. The van der Waals surface area contributed by atoms with Crippen molar-refractivity contribution in [3.63, 3.8) is 0 Å². The molecule has 0 spiro atoms. The maximum atomic E-state index is 8.72. The van der Waals surface area contributed by atoms with Crippen LogP contribution >= 0.6 is 11.8 Å². The molecule has 0 aliphatic heterocycles. The van der Waals surface area contributed by atoms with Crippen LogP contribution in [-0.4, -0.2) is 27.9 Å². The Balaban J connectivity index is 4.78.